The number of rotatable bonds is 5. The number of halogens is 1. The van der Waals surface area contributed by atoms with Gasteiger partial charge >= 0.3 is 5.97 Å². The molecule has 0 bridgehead atoms. The molecule has 3 rings (SSSR count). The van der Waals surface area contributed by atoms with Gasteiger partial charge in [-0.2, -0.15) is 0 Å². The van der Waals surface area contributed by atoms with Crippen LogP contribution in [0.1, 0.15) is 12.7 Å². The first kappa shape index (κ1) is 18.6. The number of carboxylic acids is 1. The summed E-state index contributed by atoms with van der Waals surface area (Å²) in [6.07, 6.45) is 1.44. The molecule has 2 amide bonds. The molecular formula is C17H12ClNO5S2. The minimum Gasteiger partial charge on any atom is -0.480 e. The average molecular weight is 410 g/mol. The van der Waals surface area contributed by atoms with E-state index >= 15 is 0 Å². The van der Waals surface area contributed by atoms with Crippen molar-refractivity contribution in [2.24, 2.45) is 0 Å². The van der Waals surface area contributed by atoms with Gasteiger partial charge in [-0.05, 0) is 55.1 Å². The van der Waals surface area contributed by atoms with E-state index in [0.29, 0.717) is 27.6 Å². The van der Waals surface area contributed by atoms with Crippen LogP contribution in [0.4, 0.5) is 4.79 Å². The van der Waals surface area contributed by atoms with E-state index in [1.54, 1.807) is 24.3 Å². The van der Waals surface area contributed by atoms with E-state index in [1.165, 1.54) is 24.8 Å². The molecule has 1 aromatic carbocycles. The highest BCUT2D eigenvalue weighted by molar-refractivity contribution is 8.18. The fraction of sp³-hybridized carbons (Fsp3) is 0.118. The molecule has 2 aromatic rings. The minimum absolute atomic E-state index is 0.125. The predicted molar refractivity (Wildman–Crippen MR) is 99.2 cm³/mol. The number of hydrogen-bond acceptors (Lipinski definition) is 6. The maximum Gasteiger partial charge on any atom is 0.326 e. The number of hydrogen-bond donors (Lipinski definition) is 1. The molecule has 0 spiro atoms. The lowest BCUT2D eigenvalue weighted by molar-refractivity contribution is -0.145. The van der Waals surface area contributed by atoms with Crippen LogP contribution >= 0.6 is 35.1 Å². The van der Waals surface area contributed by atoms with Crippen LogP contribution in [0.15, 0.2) is 55.7 Å². The summed E-state index contributed by atoms with van der Waals surface area (Å²) in [4.78, 5) is 37.0. The monoisotopic (exact) mass is 409 g/mol. The van der Waals surface area contributed by atoms with Gasteiger partial charge in [-0.3, -0.25) is 14.5 Å². The van der Waals surface area contributed by atoms with Gasteiger partial charge in [-0.25, -0.2) is 4.79 Å². The van der Waals surface area contributed by atoms with Crippen molar-refractivity contribution >= 4 is 58.3 Å². The number of furan rings is 1. The number of benzene rings is 1. The predicted octanol–water partition coefficient (Wildman–Crippen LogP) is 4.59. The highest BCUT2D eigenvalue weighted by atomic mass is 35.5. The SMILES string of the molecule is C[C@@H](C(=O)O)N1C(=O)S/C(=C/c2ccc(Sc3ccc(Cl)cc3)o2)C1=O. The Morgan fingerprint density at radius 2 is 1.96 bits per heavy atom. The van der Waals surface area contributed by atoms with E-state index < -0.39 is 23.2 Å². The smallest absolute Gasteiger partial charge is 0.326 e. The summed E-state index contributed by atoms with van der Waals surface area (Å²) in [5.41, 5.74) is 0. The molecule has 1 aliphatic rings. The number of aliphatic carboxylic acids is 1. The van der Waals surface area contributed by atoms with E-state index in [0.717, 1.165) is 9.80 Å². The molecule has 26 heavy (non-hydrogen) atoms. The van der Waals surface area contributed by atoms with Crippen molar-refractivity contribution in [3.05, 3.63) is 52.1 Å². The number of carbonyl (C=O) groups is 3. The Hall–Kier alpha value is -2.16. The summed E-state index contributed by atoms with van der Waals surface area (Å²) >= 11 is 7.93. The molecule has 1 saturated heterocycles. The van der Waals surface area contributed by atoms with E-state index in [-0.39, 0.29) is 4.91 Å². The van der Waals surface area contributed by atoms with Gasteiger partial charge in [0.15, 0.2) is 5.09 Å². The van der Waals surface area contributed by atoms with E-state index in [1.807, 2.05) is 12.1 Å². The quantitative estimate of drug-likeness (QED) is 0.722. The van der Waals surface area contributed by atoms with Crippen LogP contribution in [-0.4, -0.2) is 33.2 Å². The highest BCUT2D eigenvalue weighted by Crippen LogP contribution is 2.35. The van der Waals surface area contributed by atoms with Crippen LogP contribution in [0.3, 0.4) is 0 Å². The molecule has 9 heteroatoms. The molecule has 0 saturated carbocycles. The zero-order valence-corrected chi connectivity index (χ0v) is 15.7. The van der Waals surface area contributed by atoms with Crippen LogP contribution < -0.4 is 0 Å². The number of amides is 2. The number of carbonyl (C=O) groups excluding carboxylic acids is 2. The van der Waals surface area contributed by atoms with E-state index in [4.69, 9.17) is 21.1 Å². The minimum atomic E-state index is -1.24. The van der Waals surface area contributed by atoms with Crippen molar-refractivity contribution < 1.29 is 23.9 Å². The van der Waals surface area contributed by atoms with Gasteiger partial charge in [0.05, 0.1) is 4.91 Å². The number of imide groups is 1. The Morgan fingerprint density at radius 3 is 2.62 bits per heavy atom. The zero-order valence-electron chi connectivity index (χ0n) is 13.3. The second-order valence-electron chi connectivity index (χ2n) is 5.28. The molecule has 0 unspecified atom stereocenters. The van der Waals surface area contributed by atoms with Crippen molar-refractivity contribution in [1.82, 2.24) is 4.90 Å². The lowest BCUT2D eigenvalue weighted by Gasteiger charge is -2.16. The van der Waals surface area contributed by atoms with Crippen LogP contribution in [0.5, 0.6) is 0 Å². The Kier molecular flexibility index (Phi) is 5.45. The van der Waals surface area contributed by atoms with Gasteiger partial charge in [-0.15, -0.1) is 0 Å². The number of nitrogens with zero attached hydrogens (tertiary/aromatic N) is 1. The standard InChI is InChI=1S/C17H12ClNO5S2/c1-9(16(21)22)19-15(20)13(26-17(19)23)8-11-4-7-14(24-11)25-12-5-2-10(18)3-6-12/h2-9H,1H3,(H,21,22)/b13-8+/t9-/m0/s1. The van der Waals surface area contributed by atoms with Crippen LogP contribution in [0.2, 0.25) is 5.02 Å². The maximum absolute atomic E-state index is 12.3. The summed E-state index contributed by atoms with van der Waals surface area (Å²) < 4.78 is 5.65. The molecule has 0 aliphatic carbocycles. The fourth-order valence-corrected chi connectivity index (χ4v) is 3.93. The molecular weight excluding hydrogens is 398 g/mol. The lowest BCUT2D eigenvalue weighted by atomic mass is 10.3. The van der Waals surface area contributed by atoms with Crippen molar-refractivity contribution in [3.63, 3.8) is 0 Å². The third-order valence-corrected chi connectivity index (χ3v) is 5.54. The topological polar surface area (TPSA) is 87.8 Å². The van der Waals surface area contributed by atoms with Crippen molar-refractivity contribution in [2.75, 3.05) is 0 Å². The van der Waals surface area contributed by atoms with Crippen molar-refractivity contribution in [2.45, 2.75) is 23.0 Å². The third-order valence-electron chi connectivity index (χ3n) is 3.48. The molecule has 0 radical (unpaired) electrons. The van der Waals surface area contributed by atoms with Crippen molar-refractivity contribution in [3.8, 4) is 0 Å². The van der Waals surface area contributed by atoms with Crippen LogP contribution in [-0.2, 0) is 9.59 Å². The normalized spacial score (nSPS) is 17.2. The first-order valence-electron chi connectivity index (χ1n) is 7.38. The van der Waals surface area contributed by atoms with E-state index in [2.05, 4.69) is 0 Å². The third kappa shape index (κ3) is 3.98. The summed E-state index contributed by atoms with van der Waals surface area (Å²) in [6, 6.07) is 9.45. The maximum atomic E-state index is 12.3. The second kappa shape index (κ2) is 7.61. The number of thioether (sulfide) groups is 1. The molecule has 1 aliphatic heterocycles. The zero-order chi connectivity index (χ0) is 18.8. The summed E-state index contributed by atoms with van der Waals surface area (Å²) in [5.74, 6) is -1.48. The largest absolute Gasteiger partial charge is 0.480 e. The van der Waals surface area contributed by atoms with Crippen LogP contribution in [0, 0.1) is 0 Å². The Morgan fingerprint density at radius 1 is 1.27 bits per heavy atom. The Balaban J connectivity index is 1.75. The fourth-order valence-electron chi connectivity index (χ4n) is 2.14. The second-order valence-corrected chi connectivity index (χ2v) is 7.79. The molecule has 1 N–H and O–H groups in total. The van der Waals surface area contributed by atoms with Gasteiger partial charge in [-0.1, -0.05) is 23.4 Å². The number of carboxylic acid groups (broad SMARTS) is 1. The van der Waals surface area contributed by atoms with Crippen molar-refractivity contribution in [1.29, 1.82) is 0 Å². The molecule has 134 valence electrons. The van der Waals surface area contributed by atoms with Crippen LogP contribution in [0.25, 0.3) is 6.08 Å². The molecule has 2 heterocycles. The van der Waals surface area contributed by atoms with Gasteiger partial charge in [0, 0.05) is 16.0 Å². The summed E-state index contributed by atoms with van der Waals surface area (Å²) in [7, 11) is 0. The molecule has 1 atom stereocenters. The highest BCUT2D eigenvalue weighted by Gasteiger charge is 2.40. The molecule has 1 fully saturated rings. The van der Waals surface area contributed by atoms with Gasteiger partial charge < -0.3 is 9.52 Å². The van der Waals surface area contributed by atoms with E-state index in [9.17, 15) is 14.4 Å². The van der Waals surface area contributed by atoms with Gasteiger partial charge in [0.1, 0.15) is 11.8 Å². The average Bonchev–Trinajstić information content (AvgIpc) is 3.14. The Bertz CT molecular complexity index is 906. The summed E-state index contributed by atoms with van der Waals surface area (Å²) in [5, 5.41) is 9.65. The Labute approximate surface area is 162 Å². The molecule has 1 aromatic heterocycles. The summed E-state index contributed by atoms with van der Waals surface area (Å²) in [6.45, 7) is 1.29. The first-order valence-corrected chi connectivity index (χ1v) is 9.39. The van der Waals surface area contributed by atoms with Gasteiger partial charge in [0.2, 0.25) is 0 Å². The lowest BCUT2D eigenvalue weighted by Crippen LogP contribution is -2.41. The first-order chi connectivity index (χ1) is 12.3. The van der Waals surface area contributed by atoms with Gasteiger partial charge in [0.25, 0.3) is 11.1 Å². The molecule has 6 nitrogen and oxygen atoms in total.